The number of rotatable bonds is 2. The minimum atomic E-state index is -5.36. The van der Waals surface area contributed by atoms with Crippen LogP contribution in [-0.4, -0.2) is 11.3 Å². The molecule has 0 saturated heterocycles. The lowest BCUT2D eigenvalue weighted by Gasteiger charge is -2.16. The summed E-state index contributed by atoms with van der Waals surface area (Å²) in [7, 11) is 0. The summed E-state index contributed by atoms with van der Waals surface area (Å²) in [5.74, 6) is -1.72. The molecule has 0 atom stereocenters. The van der Waals surface area contributed by atoms with Crippen molar-refractivity contribution < 1.29 is 31.1 Å². The second-order valence-corrected chi connectivity index (χ2v) is 3.26. The predicted molar refractivity (Wildman–Crippen MR) is 49.7 cm³/mol. The van der Waals surface area contributed by atoms with Crippen molar-refractivity contribution in [1.29, 1.82) is 5.26 Å². The van der Waals surface area contributed by atoms with Crippen LogP contribution < -0.4 is 10.5 Å². The number of nitrogens with two attached hydrogens (primary N) is 1. The van der Waals surface area contributed by atoms with Gasteiger partial charge in [0.05, 0.1) is 23.9 Å². The van der Waals surface area contributed by atoms with Gasteiger partial charge in [-0.25, -0.2) is 4.98 Å². The van der Waals surface area contributed by atoms with Gasteiger partial charge in [0.2, 0.25) is 5.88 Å². The molecular formula is C9H5F6N3O. The van der Waals surface area contributed by atoms with Gasteiger partial charge in [0, 0.05) is 0 Å². The van der Waals surface area contributed by atoms with Gasteiger partial charge in [0.25, 0.3) is 0 Å². The number of alkyl halides is 6. The zero-order valence-electron chi connectivity index (χ0n) is 8.93. The fourth-order valence-corrected chi connectivity index (χ4v) is 1.23. The van der Waals surface area contributed by atoms with Gasteiger partial charge in [-0.2, -0.15) is 18.4 Å². The Morgan fingerprint density at radius 1 is 1.26 bits per heavy atom. The molecule has 1 aromatic heterocycles. The summed E-state index contributed by atoms with van der Waals surface area (Å²) < 4.78 is 77.0. The van der Waals surface area contributed by atoms with E-state index in [0.29, 0.717) is 6.07 Å². The van der Waals surface area contributed by atoms with Gasteiger partial charge in [-0.1, -0.05) is 0 Å². The molecule has 1 heterocycles. The minimum absolute atomic E-state index is 0.354. The standard InChI is InChI=1S/C9H5F6N3O/c10-8(11,12)6-5(17)3-4(1-2-16)18-7(6)19-9(13,14)15/h3H,1H2,(H2,17,18). The third kappa shape index (κ3) is 3.90. The van der Waals surface area contributed by atoms with E-state index in [0.717, 1.165) is 0 Å². The molecule has 0 fully saturated rings. The Labute approximate surface area is 102 Å². The number of hydrogen-bond acceptors (Lipinski definition) is 4. The third-order valence-electron chi connectivity index (χ3n) is 1.83. The van der Waals surface area contributed by atoms with E-state index in [4.69, 9.17) is 11.0 Å². The first kappa shape index (κ1) is 14.9. The number of aromatic nitrogens is 1. The molecule has 1 aromatic rings. The van der Waals surface area contributed by atoms with E-state index in [1.807, 2.05) is 0 Å². The lowest BCUT2D eigenvalue weighted by Crippen LogP contribution is -2.22. The average molecular weight is 285 g/mol. The molecule has 0 unspecified atom stereocenters. The summed E-state index contributed by atoms with van der Waals surface area (Å²) >= 11 is 0. The number of halogens is 6. The van der Waals surface area contributed by atoms with Crippen LogP contribution in [0.3, 0.4) is 0 Å². The van der Waals surface area contributed by atoms with Crippen LogP contribution in [-0.2, 0) is 12.6 Å². The lowest BCUT2D eigenvalue weighted by molar-refractivity contribution is -0.277. The van der Waals surface area contributed by atoms with Crippen LogP contribution in [0.2, 0.25) is 0 Å². The number of nitriles is 1. The highest BCUT2D eigenvalue weighted by molar-refractivity contribution is 5.54. The molecule has 0 radical (unpaired) electrons. The first-order valence-corrected chi connectivity index (χ1v) is 4.54. The highest BCUT2D eigenvalue weighted by Gasteiger charge is 2.42. The van der Waals surface area contributed by atoms with Crippen molar-refractivity contribution in [1.82, 2.24) is 4.98 Å². The number of pyridine rings is 1. The number of nitrogen functional groups attached to an aromatic ring is 1. The molecule has 104 valence electrons. The number of hydrogen-bond donors (Lipinski definition) is 1. The maximum atomic E-state index is 12.6. The lowest BCUT2D eigenvalue weighted by atomic mass is 10.1. The van der Waals surface area contributed by atoms with Gasteiger partial charge in [-0.15, -0.1) is 13.2 Å². The van der Waals surface area contributed by atoms with Crippen LogP contribution in [0.5, 0.6) is 5.88 Å². The van der Waals surface area contributed by atoms with Crippen molar-refractivity contribution in [2.45, 2.75) is 19.0 Å². The van der Waals surface area contributed by atoms with Crippen LogP contribution in [0.25, 0.3) is 0 Å². The molecule has 0 aromatic carbocycles. The van der Waals surface area contributed by atoms with E-state index in [1.165, 1.54) is 6.07 Å². The van der Waals surface area contributed by atoms with Crippen molar-refractivity contribution in [2.75, 3.05) is 5.73 Å². The fourth-order valence-electron chi connectivity index (χ4n) is 1.23. The molecule has 10 heteroatoms. The van der Waals surface area contributed by atoms with E-state index < -0.39 is 36.1 Å². The Bertz CT molecular complexity index is 516. The van der Waals surface area contributed by atoms with Crippen LogP contribution in [0.1, 0.15) is 11.3 Å². The molecule has 0 spiro atoms. The average Bonchev–Trinajstić information content (AvgIpc) is 2.11. The summed E-state index contributed by atoms with van der Waals surface area (Å²) in [5.41, 5.74) is 1.87. The number of anilines is 1. The first-order chi connectivity index (χ1) is 8.54. The van der Waals surface area contributed by atoms with Gasteiger partial charge >= 0.3 is 12.5 Å². The third-order valence-corrected chi connectivity index (χ3v) is 1.83. The van der Waals surface area contributed by atoms with Crippen LogP contribution in [0.4, 0.5) is 32.0 Å². The molecule has 0 aliphatic carbocycles. The SMILES string of the molecule is N#CCc1cc(N)c(C(F)(F)F)c(OC(F)(F)F)n1. The molecular weight excluding hydrogens is 280 g/mol. The molecule has 2 N–H and O–H groups in total. The Hall–Kier alpha value is -2.18. The first-order valence-electron chi connectivity index (χ1n) is 4.54. The van der Waals surface area contributed by atoms with E-state index in [1.54, 1.807) is 0 Å². The summed E-state index contributed by atoms with van der Waals surface area (Å²) in [6, 6.07) is 2.20. The van der Waals surface area contributed by atoms with Crippen molar-refractivity contribution in [3.05, 3.63) is 17.3 Å². The van der Waals surface area contributed by atoms with Crippen molar-refractivity contribution in [3.8, 4) is 11.9 Å². The van der Waals surface area contributed by atoms with Crippen molar-refractivity contribution >= 4 is 5.69 Å². The maximum absolute atomic E-state index is 12.6. The summed E-state index contributed by atoms with van der Waals surface area (Å²) in [6.45, 7) is 0. The maximum Gasteiger partial charge on any atom is 0.574 e. The molecule has 1 rings (SSSR count). The summed E-state index contributed by atoms with van der Waals surface area (Å²) in [6.07, 6.45) is -11.0. The predicted octanol–water partition coefficient (Wildman–Crippen LogP) is 2.65. The topological polar surface area (TPSA) is 71.9 Å². The largest absolute Gasteiger partial charge is 0.574 e. The highest BCUT2D eigenvalue weighted by atomic mass is 19.4. The zero-order chi connectivity index (χ0) is 14.8. The van der Waals surface area contributed by atoms with Crippen LogP contribution >= 0.6 is 0 Å². The van der Waals surface area contributed by atoms with Crippen molar-refractivity contribution in [2.24, 2.45) is 0 Å². The van der Waals surface area contributed by atoms with Gasteiger partial charge in [0.1, 0.15) is 5.56 Å². The Balaban J connectivity index is 3.41. The number of ether oxygens (including phenoxy) is 1. The van der Waals surface area contributed by atoms with Gasteiger partial charge in [-0.3, -0.25) is 0 Å². The zero-order valence-corrected chi connectivity index (χ0v) is 8.93. The van der Waals surface area contributed by atoms with Crippen LogP contribution in [0.15, 0.2) is 6.07 Å². The van der Waals surface area contributed by atoms with E-state index in [2.05, 4.69) is 9.72 Å². The molecule has 0 saturated carbocycles. The number of nitrogens with zero attached hydrogens (tertiary/aromatic N) is 2. The van der Waals surface area contributed by atoms with E-state index in [-0.39, 0.29) is 5.69 Å². The Kier molecular flexibility index (Phi) is 3.78. The fraction of sp³-hybridized carbons (Fsp3) is 0.333. The molecule has 4 nitrogen and oxygen atoms in total. The smallest absolute Gasteiger partial charge is 0.398 e. The molecule has 19 heavy (non-hydrogen) atoms. The van der Waals surface area contributed by atoms with Crippen molar-refractivity contribution in [3.63, 3.8) is 0 Å². The second-order valence-electron chi connectivity index (χ2n) is 3.26. The van der Waals surface area contributed by atoms with Gasteiger partial charge in [-0.05, 0) is 6.07 Å². The monoisotopic (exact) mass is 285 g/mol. The Morgan fingerprint density at radius 2 is 1.84 bits per heavy atom. The quantitative estimate of drug-likeness (QED) is 0.848. The highest BCUT2D eigenvalue weighted by Crippen LogP contribution is 2.41. The Morgan fingerprint density at radius 3 is 2.26 bits per heavy atom. The minimum Gasteiger partial charge on any atom is -0.398 e. The van der Waals surface area contributed by atoms with Gasteiger partial charge in [0.15, 0.2) is 0 Å². The van der Waals surface area contributed by atoms with Crippen LogP contribution in [0, 0.1) is 11.3 Å². The van der Waals surface area contributed by atoms with Gasteiger partial charge < -0.3 is 10.5 Å². The molecule has 0 aliphatic heterocycles. The van der Waals surface area contributed by atoms with E-state index in [9.17, 15) is 26.3 Å². The summed E-state index contributed by atoms with van der Waals surface area (Å²) in [4.78, 5) is 3.01. The normalized spacial score (nSPS) is 12.1. The molecule has 0 aliphatic rings. The summed E-state index contributed by atoms with van der Waals surface area (Å²) in [5, 5.41) is 8.35. The molecule has 0 amide bonds. The van der Waals surface area contributed by atoms with E-state index >= 15 is 0 Å². The second kappa shape index (κ2) is 4.83. The molecule has 0 bridgehead atoms.